The minimum absolute atomic E-state index is 0.103. The number of nitrogens with one attached hydrogen (secondary N) is 1. The number of hydrogen-bond donors (Lipinski definition) is 1. The number of carbonyl (C=O) groups excluding carboxylic acids is 1. The van der Waals surface area contributed by atoms with Gasteiger partial charge in [0.25, 0.3) is 5.91 Å². The van der Waals surface area contributed by atoms with Gasteiger partial charge in [-0.05, 0) is 37.8 Å². The van der Waals surface area contributed by atoms with Crippen LogP contribution in [0.15, 0.2) is 30.6 Å². The molecule has 5 nitrogen and oxygen atoms in total. The van der Waals surface area contributed by atoms with Crippen LogP contribution in [0.1, 0.15) is 24.2 Å². The largest absolute Gasteiger partial charge is 0.333 e. The maximum absolute atomic E-state index is 13.0. The molecule has 2 aromatic rings. The Kier molecular flexibility index (Phi) is 2.63. The van der Waals surface area contributed by atoms with Gasteiger partial charge in [-0.3, -0.25) is 4.79 Å². The van der Waals surface area contributed by atoms with Crippen molar-refractivity contribution < 1.29 is 4.79 Å². The van der Waals surface area contributed by atoms with Gasteiger partial charge in [-0.2, -0.15) is 5.10 Å². The van der Waals surface area contributed by atoms with Gasteiger partial charge in [0.2, 0.25) is 0 Å². The number of nitrogens with zero attached hydrogens (tertiary/aromatic N) is 3. The van der Waals surface area contributed by atoms with Crippen LogP contribution in [0.3, 0.4) is 0 Å². The molecule has 5 heteroatoms. The molecule has 0 spiro atoms. The molecule has 0 bridgehead atoms. The van der Waals surface area contributed by atoms with Crippen molar-refractivity contribution in [3.63, 3.8) is 0 Å². The number of fused-ring (bicyclic) bond motifs is 2. The minimum Gasteiger partial charge on any atom is -0.333 e. The van der Waals surface area contributed by atoms with Gasteiger partial charge in [0.15, 0.2) is 0 Å². The van der Waals surface area contributed by atoms with Gasteiger partial charge in [-0.15, -0.1) is 0 Å². The van der Waals surface area contributed by atoms with Crippen LogP contribution in [0.2, 0.25) is 0 Å². The first kappa shape index (κ1) is 12.8. The Morgan fingerprint density at radius 3 is 3.05 bits per heavy atom. The summed E-state index contributed by atoms with van der Waals surface area (Å²) in [6, 6.07) is 5.82. The molecule has 2 atom stereocenters. The molecule has 1 amide bonds. The van der Waals surface area contributed by atoms with Crippen LogP contribution in [-0.2, 0) is 0 Å². The second-order valence-electron chi connectivity index (χ2n) is 6.68. The summed E-state index contributed by atoms with van der Waals surface area (Å²) in [4.78, 5) is 15.1. The number of likely N-dealkylation sites (tertiary alicyclic amines) is 1. The molecule has 4 heterocycles. The third-order valence-corrected chi connectivity index (χ3v) is 5.26. The van der Waals surface area contributed by atoms with E-state index in [4.69, 9.17) is 0 Å². The molecular weight excluding hydrogens is 264 g/mol. The second-order valence-corrected chi connectivity index (χ2v) is 6.68. The molecule has 2 saturated heterocycles. The molecule has 2 aliphatic rings. The van der Waals surface area contributed by atoms with E-state index >= 15 is 0 Å². The standard InChI is InChI=1S/C16H20N4O/c1-16(2)13-9-17-7-11(13)10-19(16)15(21)12-8-18-20-6-4-3-5-14(12)20/h3-6,8,11,13,17H,7,9-10H2,1-2H3. The molecule has 2 aliphatic heterocycles. The fraction of sp³-hybridized carbons (Fsp3) is 0.500. The smallest absolute Gasteiger partial charge is 0.258 e. The number of carbonyl (C=O) groups is 1. The molecule has 0 aliphatic carbocycles. The highest BCUT2D eigenvalue weighted by molar-refractivity contribution is 6.01. The Hall–Kier alpha value is -1.88. The van der Waals surface area contributed by atoms with Crippen molar-refractivity contribution in [3.8, 4) is 0 Å². The summed E-state index contributed by atoms with van der Waals surface area (Å²) in [6.45, 7) is 7.25. The monoisotopic (exact) mass is 284 g/mol. The van der Waals surface area contributed by atoms with E-state index in [0.29, 0.717) is 17.4 Å². The highest BCUT2D eigenvalue weighted by Crippen LogP contribution is 2.41. The van der Waals surface area contributed by atoms with Crippen LogP contribution in [0, 0.1) is 11.8 Å². The van der Waals surface area contributed by atoms with Crippen LogP contribution in [0.5, 0.6) is 0 Å². The highest BCUT2D eigenvalue weighted by atomic mass is 16.2. The summed E-state index contributed by atoms with van der Waals surface area (Å²) in [5, 5.41) is 7.74. The number of aromatic nitrogens is 2. The van der Waals surface area contributed by atoms with Crippen LogP contribution in [-0.4, -0.2) is 45.6 Å². The Bertz CT molecular complexity index is 705. The first-order valence-corrected chi connectivity index (χ1v) is 7.54. The van der Waals surface area contributed by atoms with Crippen molar-refractivity contribution in [1.29, 1.82) is 0 Å². The van der Waals surface area contributed by atoms with E-state index in [1.165, 1.54) is 0 Å². The van der Waals surface area contributed by atoms with E-state index in [2.05, 4.69) is 24.3 Å². The second kappa shape index (κ2) is 4.31. The summed E-state index contributed by atoms with van der Waals surface area (Å²) >= 11 is 0. The summed E-state index contributed by atoms with van der Waals surface area (Å²) in [7, 11) is 0. The lowest BCUT2D eigenvalue weighted by Gasteiger charge is -2.35. The van der Waals surface area contributed by atoms with E-state index in [-0.39, 0.29) is 11.4 Å². The average molecular weight is 284 g/mol. The molecule has 110 valence electrons. The molecule has 0 saturated carbocycles. The van der Waals surface area contributed by atoms with Gasteiger partial charge in [0.1, 0.15) is 0 Å². The van der Waals surface area contributed by atoms with Gasteiger partial charge >= 0.3 is 0 Å². The van der Waals surface area contributed by atoms with Crippen molar-refractivity contribution >= 4 is 11.4 Å². The van der Waals surface area contributed by atoms with E-state index < -0.39 is 0 Å². The molecule has 2 fully saturated rings. The maximum atomic E-state index is 13.0. The van der Waals surface area contributed by atoms with Gasteiger partial charge in [-0.1, -0.05) is 6.07 Å². The molecular formula is C16H20N4O. The van der Waals surface area contributed by atoms with Crippen LogP contribution >= 0.6 is 0 Å². The molecule has 0 radical (unpaired) electrons. The Labute approximate surface area is 123 Å². The SMILES string of the molecule is CC1(C)C2CNCC2CN1C(=O)c1cnn2ccccc12. The molecule has 2 aromatic heterocycles. The van der Waals surface area contributed by atoms with E-state index in [1.54, 1.807) is 10.7 Å². The van der Waals surface area contributed by atoms with Gasteiger partial charge in [-0.25, -0.2) is 4.52 Å². The quantitative estimate of drug-likeness (QED) is 0.861. The predicted octanol–water partition coefficient (Wildman–Crippen LogP) is 1.40. The zero-order chi connectivity index (χ0) is 14.6. The Balaban J connectivity index is 1.72. The maximum Gasteiger partial charge on any atom is 0.258 e. The molecule has 21 heavy (non-hydrogen) atoms. The number of rotatable bonds is 1. The molecule has 1 N–H and O–H groups in total. The molecule has 2 unspecified atom stereocenters. The Morgan fingerprint density at radius 2 is 2.24 bits per heavy atom. The molecule has 0 aromatic carbocycles. The first-order chi connectivity index (χ1) is 10.1. The fourth-order valence-corrected chi connectivity index (χ4v) is 4.01. The summed E-state index contributed by atoms with van der Waals surface area (Å²) in [5.41, 5.74) is 1.49. The van der Waals surface area contributed by atoms with Gasteiger partial charge in [0.05, 0.1) is 17.3 Å². The van der Waals surface area contributed by atoms with Gasteiger partial charge < -0.3 is 10.2 Å². The van der Waals surface area contributed by atoms with Crippen LogP contribution < -0.4 is 5.32 Å². The van der Waals surface area contributed by atoms with E-state index in [1.807, 2.05) is 29.3 Å². The van der Waals surface area contributed by atoms with Crippen molar-refractivity contribution in [1.82, 2.24) is 19.8 Å². The lowest BCUT2D eigenvalue weighted by Crippen LogP contribution is -2.47. The van der Waals surface area contributed by atoms with Gasteiger partial charge in [0, 0.05) is 31.4 Å². The zero-order valence-corrected chi connectivity index (χ0v) is 12.4. The first-order valence-electron chi connectivity index (χ1n) is 7.54. The zero-order valence-electron chi connectivity index (χ0n) is 12.4. The minimum atomic E-state index is -0.103. The lowest BCUT2D eigenvalue weighted by atomic mass is 9.85. The Morgan fingerprint density at radius 1 is 1.38 bits per heavy atom. The third kappa shape index (κ3) is 1.73. The summed E-state index contributed by atoms with van der Waals surface area (Å²) in [6.07, 6.45) is 3.57. The third-order valence-electron chi connectivity index (χ3n) is 5.26. The van der Waals surface area contributed by atoms with Crippen LogP contribution in [0.4, 0.5) is 0 Å². The van der Waals surface area contributed by atoms with E-state index in [0.717, 1.165) is 25.2 Å². The van der Waals surface area contributed by atoms with Crippen molar-refractivity contribution in [2.24, 2.45) is 11.8 Å². The number of amides is 1. The van der Waals surface area contributed by atoms with Crippen molar-refractivity contribution in [2.75, 3.05) is 19.6 Å². The predicted molar refractivity (Wildman–Crippen MR) is 80.2 cm³/mol. The average Bonchev–Trinajstić information content (AvgIpc) is 3.14. The van der Waals surface area contributed by atoms with Crippen LogP contribution in [0.25, 0.3) is 5.52 Å². The molecule has 4 rings (SSSR count). The summed E-state index contributed by atoms with van der Waals surface area (Å²) < 4.78 is 1.76. The van der Waals surface area contributed by atoms with Crippen molar-refractivity contribution in [2.45, 2.75) is 19.4 Å². The normalized spacial score (nSPS) is 27.2. The number of pyridine rings is 1. The topological polar surface area (TPSA) is 49.6 Å². The highest BCUT2D eigenvalue weighted by Gasteiger charge is 2.51. The summed E-state index contributed by atoms with van der Waals surface area (Å²) in [5.74, 6) is 1.23. The van der Waals surface area contributed by atoms with Crippen molar-refractivity contribution in [3.05, 3.63) is 36.2 Å². The van der Waals surface area contributed by atoms with E-state index in [9.17, 15) is 4.79 Å². The fourth-order valence-electron chi connectivity index (χ4n) is 4.01. The lowest BCUT2D eigenvalue weighted by molar-refractivity contribution is 0.0605. The number of hydrogen-bond acceptors (Lipinski definition) is 3.